The molecule has 6 nitrogen and oxygen atoms in total. The summed E-state index contributed by atoms with van der Waals surface area (Å²) in [5.41, 5.74) is 0.508. The molecule has 0 atom stereocenters. The smallest absolute Gasteiger partial charge is 0.332 e. The van der Waals surface area contributed by atoms with E-state index in [1.165, 1.54) is 18.2 Å². The van der Waals surface area contributed by atoms with Crippen LogP contribution in [0.2, 0.25) is 0 Å². The Morgan fingerprint density at radius 1 is 1.33 bits per heavy atom. The first-order valence-electron chi connectivity index (χ1n) is 7.41. The highest BCUT2D eigenvalue weighted by Gasteiger charge is 2.33. The molecule has 128 valence electrons. The molecule has 2 aromatic rings. The molecule has 1 aromatic carbocycles. The molecule has 0 radical (unpaired) electrons. The maximum atomic E-state index is 12.9. The van der Waals surface area contributed by atoms with Gasteiger partial charge in [-0.15, -0.1) is 0 Å². The molecular formula is C15H16F3N5O. The number of nitrogens with one attached hydrogen (secondary N) is 3. The maximum absolute atomic E-state index is 12.9. The Morgan fingerprint density at radius 2 is 2.12 bits per heavy atom. The Morgan fingerprint density at radius 3 is 2.88 bits per heavy atom. The van der Waals surface area contributed by atoms with Crippen molar-refractivity contribution in [2.45, 2.75) is 25.8 Å². The fourth-order valence-corrected chi connectivity index (χ4v) is 2.52. The second kappa shape index (κ2) is 6.52. The van der Waals surface area contributed by atoms with Crippen molar-refractivity contribution in [2.24, 2.45) is 0 Å². The summed E-state index contributed by atoms with van der Waals surface area (Å²) in [7, 11) is 0. The van der Waals surface area contributed by atoms with Crippen LogP contribution in [0.15, 0.2) is 30.3 Å². The molecule has 0 fully saturated rings. The second-order valence-electron chi connectivity index (χ2n) is 5.38. The molecule has 1 aliphatic rings. The van der Waals surface area contributed by atoms with Gasteiger partial charge in [-0.25, -0.2) is 4.79 Å². The topological polar surface area (TPSA) is 71.0 Å². The van der Waals surface area contributed by atoms with Gasteiger partial charge >= 0.3 is 12.2 Å². The van der Waals surface area contributed by atoms with Crippen molar-refractivity contribution < 1.29 is 18.0 Å². The highest BCUT2D eigenvalue weighted by molar-refractivity contribution is 5.90. The van der Waals surface area contributed by atoms with E-state index < -0.39 is 17.8 Å². The van der Waals surface area contributed by atoms with E-state index in [0.717, 1.165) is 24.8 Å². The Bertz CT molecular complexity index is 717. The summed E-state index contributed by atoms with van der Waals surface area (Å²) in [6.07, 6.45) is -4.53. The zero-order valence-electron chi connectivity index (χ0n) is 12.7. The van der Waals surface area contributed by atoms with Gasteiger partial charge in [-0.2, -0.15) is 18.3 Å². The van der Waals surface area contributed by atoms with Crippen LogP contribution in [0.5, 0.6) is 0 Å². The number of carbonyl (C=O) groups is 1. The fraction of sp³-hybridized carbons (Fsp3) is 0.333. The number of amides is 2. The molecule has 0 unspecified atom stereocenters. The molecule has 3 N–H and O–H groups in total. The van der Waals surface area contributed by atoms with Crippen molar-refractivity contribution in [1.82, 2.24) is 20.4 Å². The van der Waals surface area contributed by atoms with Crippen LogP contribution >= 0.6 is 0 Å². The molecule has 0 saturated carbocycles. The van der Waals surface area contributed by atoms with E-state index in [1.54, 1.807) is 0 Å². The first-order chi connectivity index (χ1) is 11.4. The van der Waals surface area contributed by atoms with E-state index >= 15 is 0 Å². The third-order valence-corrected chi connectivity index (χ3v) is 3.63. The average molecular weight is 339 g/mol. The highest BCUT2D eigenvalue weighted by Crippen LogP contribution is 2.34. The van der Waals surface area contributed by atoms with Crippen LogP contribution in [0.3, 0.4) is 0 Å². The molecule has 2 heterocycles. The molecule has 0 bridgehead atoms. The number of anilines is 1. The van der Waals surface area contributed by atoms with Gasteiger partial charge in [0.15, 0.2) is 0 Å². The number of benzene rings is 1. The molecule has 9 heteroatoms. The lowest BCUT2D eigenvalue weighted by Crippen LogP contribution is -2.29. The van der Waals surface area contributed by atoms with Crippen LogP contribution < -0.4 is 16.0 Å². The number of rotatable bonds is 3. The minimum Gasteiger partial charge on any atom is -0.332 e. The summed E-state index contributed by atoms with van der Waals surface area (Å²) in [5, 5.41) is 12.3. The number of carbonyl (C=O) groups excluding carboxylic acids is 1. The standard InChI is InChI=1S/C15H16F3N5O/c16-15(17,18)12-3-1-2-4-13(12)21-14(24)20-8-10-7-11-9-19-5-6-23(11)22-10/h1-4,7,19H,5-6,8-9H2,(H2,20,21,24). The summed E-state index contributed by atoms with van der Waals surface area (Å²) in [4.78, 5) is 11.9. The molecule has 1 aliphatic heterocycles. The van der Waals surface area contributed by atoms with Gasteiger partial charge in [0.2, 0.25) is 0 Å². The van der Waals surface area contributed by atoms with Gasteiger partial charge < -0.3 is 16.0 Å². The molecule has 3 rings (SSSR count). The average Bonchev–Trinajstić information content (AvgIpc) is 2.95. The molecule has 24 heavy (non-hydrogen) atoms. The largest absolute Gasteiger partial charge is 0.418 e. The van der Waals surface area contributed by atoms with E-state index in [0.29, 0.717) is 12.2 Å². The third-order valence-electron chi connectivity index (χ3n) is 3.63. The van der Waals surface area contributed by atoms with Crippen LogP contribution in [-0.2, 0) is 25.8 Å². The molecule has 0 saturated heterocycles. The minimum atomic E-state index is -4.53. The fourth-order valence-electron chi connectivity index (χ4n) is 2.52. The van der Waals surface area contributed by atoms with Crippen molar-refractivity contribution in [3.05, 3.63) is 47.3 Å². The van der Waals surface area contributed by atoms with Crippen LogP contribution in [0, 0.1) is 0 Å². The lowest BCUT2D eigenvalue weighted by atomic mass is 10.1. The molecular weight excluding hydrogens is 323 g/mol. The van der Waals surface area contributed by atoms with Gasteiger partial charge in [-0.1, -0.05) is 12.1 Å². The number of hydrogen-bond donors (Lipinski definition) is 3. The van der Waals surface area contributed by atoms with Crippen molar-refractivity contribution >= 4 is 11.7 Å². The van der Waals surface area contributed by atoms with Gasteiger partial charge in [0.05, 0.1) is 35.7 Å². The monoisotopic (exact) mass is 339 g/mol. The maximum Gasteiger partial charge on any atom is 0.418 e. The van der Waals surface area contributed by atoms with Crippen molar-refractivity contribution in [3.8, 4) is 0 Å². The minimum absolute atomic E-state index is 0.139. The van der Waals surface area contributed by atoms with E-state index in [-0.39, 0.29) is 12.2 Å². The number of hydrogen-bond acceptors (Lipinski definition) is 3. The molecule has 1 aromatic heterocycles. The summed E-state index contributed by atoms with van der Waals surface area (Å²) >= 11 is 0. The predicted octanol–water partition coefficient (Wildman–Crippen LogP) is 2.33. The van der Waals surface area contributed by atoms with Gasteiger partial charge in [0.25, 0.3) is 0 Å². The molecule has 0 aliphatic carbocycles. The zero-order chi connectivity index (χ0) is 17.2. The number of aromatic nitrogens is 2. The van der Waals surface area contributed by atoms with Crippen molar-refractivity contribution in [3.63, 3.8) is 0 Å². The number of urea groups is 1. The number of fused-ring (bicyclic) bond motifs is 1. The van der Waals surface area contributed by atoms with Crippen LogP contribution in [0.4, 0.5) is 23.7 Å². The van der Waals surface area contributed by atoms with Crippen molar-refractivity contribution in [2.75, 3.05) is 11.9 Å². The lowest BCUT2D eigenvalue weighted by Gasteiger charge is -2.14. The Balaban J connectivity index is 1.61. The Hall–Kier alpha value is -2.55. The van der Waals surface area contributed by atoms with E-state index in [9.17, 15) is 18.0 Å². The van der Waals surface area contributed by atoms with E-state index in [2.05, 4.69) is 21.0 Å². The summed E-state index contributed by atoms with van der Waals surface area (Å²) in [5.74, 6) is 0. The van der Waals surface area contributed by atoms with Crippen LogP contribution in [-0.4, -0.2) is 22.4 Å². The van der Waals surface area contributed by atoms with E-state index in [1.807, 2.05) is 10.7 Å². The summed E-state index contributed by atoms with van der Waals surface area (Å²) in [6, 6.07) is 5.98. The number of para-hydroxylation sites is 1. The van der Waals surface area contributed by atoms with Crippen LogP contribution in [0.1, 0.15) is 17.0 Å². The Labute approximate surface area is 136 Å². The third kappa shape index (κ3) is 3.67. The van der Waals surface area contributed by atoms with Gasteiger partial charge in [-0.05, 0) is 18.2 Å². The van der Waals surface area contributed by atoms with Gasteiger partial charge in [0, 0.05) is 13.1 Å². The molecule has 2 amide bonds. The Kier molecular flexibility index (Phi) is 4.43. The quantitative estimate of drug-likeness (QED) is 0.804. The highest BCUT2D eigenvalue weighted by atomic mass is 19.4. The number of alkyl halides is 3. The SMILES string of the molecule is O=C(NCc1cc2n(n1)CCNC2)Nc1ccccc1C(F)(F)F. The number of nitrogens with zero attached hydrogens (tertiary/aromatic N) is 2. The molecule has 0 spiro atoms. The van der Waals surface area contributed by atoms with Crippen molar-refractivity contribution in [1.29, 1.82) is 0 Å². The van der Waals surface area contributed by atoms with Gasteiger partial charge in [0.1, 0.15) is 0 Å². The van der Waals surface area contributed by atoms with E-state index in [4.69, 9.17) is 0 Å². The predicted molar refractivity (Wildman–Crippen MR) is 81.2 cm³/mol. The zero-order valence-corrected chi connectivity index (χ0v) is 12.7. The van der Waals surface area contributed by atoms with Crippen LogP contribution in [0.25, 0.3) is 0 Å². The first-order valence-corrected chi connectivity index (χ1v) is 7.41. The lowest BCUT2D eigenvalue weighted by molar-refractivity contribution is -0.136. The summed E-state index contributed by atoms with van der Waals surface area (Å²) in [6.45, 7) is 2.43. The van der Waals surface area contributed by atoms with Gasteiger partial charge in [-0.3, -0.25) is 4.68 Å². The number of halogens is 3. The summed E-state index contributed by atoms with van der Waals surface area (Å²) < 4.78 is 40.5. The normalized spacial score (nSPS) is 14.1. The first kappa shape index (κ1) is 16.3. The second-order valence-corrected chi connectivity index (χ2v) is 5.38.